The molecule has 6 nitrogen and oxygen atoms in total. The Morgan fingerprint density at radius 1 is 1.14 bits per heavy atom. The number of fused-ring (bicyclic) bond motifs is 1. The van der Waals surface area contributed by atoms with Gasteiger partial charge in [0.1, 0.15) is 34.7 Å². The van der Waals surface area contributed by atoms with Gasteiger partial charge in [0, 0.05) is 11.1 Å². The van der Waals surface area contributed by atoms with Gasteiger partial charge in [-0.25, -0.2) is 4.79 Å². The lowest BCUT2D eigenvalue weighted by molar-refractivity contribution is 0.371. The smallest absolute Gasteiger partial charge is 0.343 e. The normalized spacial score (nSPS) is 15.3. The summed E-state index contributed by atoms with van der Waals surface area (Å²) in [6.45, 7) is 1.64. The molecule has 0 saturated heterocycles. The molecule has 2 aromatic carbocycles. The van der Waals surface area contributed by atoms with Crippen LogP contribution in [0, 0.1) is 18.3 Å². The van der Waals surface area contributed by atoms with Crippen molar-refractivity contribution in [2.75, 3.05) is 0 Å². The Morgan fingerprint density at radius 3 is 2.62 bits per heavy atom. The lowest BCUT2D eigenvalue weighted by atomic mass is 9.84. The van der Waals surface area contributed by atoms with Crippen LogP contribution >= 0.6 is 11.6 Å². The highest BCUT2D eigenvalue weighted by atomic mass is 35.5. The zero-order valence-corrected chi connectivity index (χ0v) is 16.1. The van der Waals surface area contributed by atoms with Gasteiger partial charge < -0.3 is 19.6 Å². The molecule has 3 aromatic rings. The van der Waals surface area contributed by atoms with Crippen LogP contribution in [0.25, 0.3) is 0 Å². The van der Waals surface area contributed by atoms with Gasteiger partial charge in [-0.2, -0.15) is 5.26 Å². The van der Waals surface area contributed by atoms with Crippen LogP contribution in [0.5, 0.6) is 17.2 Å². The van der Waals surface area contributed by atoms with Crippen LogP contribution in [0.3, 0.4) is 0 Å². The molecule has 2 N–H and O–H groups in total. The van der Waals surface area contributed by atoms with Crippen LogP contribution in [0.15, 0.2) is 75.3 Å². The van der Waals surface area contributed by atoms with Crippen LogP contribution in [-0.4, -0.2) is 0 Å². The van der Waals surface area contributed by atoms with Crippen LogP contribution in [0.4, 0.5) is 0 Å². The van der Waals surface area contributed by atoms with Crippen molar-refractivity contribution in [1.82, 2.24) is 0 Å². The van der Waals surface area contributed by atoms with Gasteiger partial charge in [-0.1, -0.05) is 23.7 Å². The Balaban J connectivity index is 1.81. The summed E-state index contributed by atoms with van der Waals surface area (Å²) in [6.07, 6.45) is 0. The van der Waals surface area contributed by atoms with Gasteiger partial charge in [0.2, 0.25) is 5.88 Å². The molecule has 2 heterocycles. The average Bonchev–Trinajstić information content (AvgIpc) is 2.68. The number of nitrogens with zero attached hydrogens (tertiary/aromatic N) is 1. The first-order valence-corrected chi connectivity index (χ1v) is 9.09. The van der Waals surface area contributed by atoms with Crippen molar-refractivity contribution >= 4 is 11.6 Å². The van der Waals surface area contributed by atoms with Gasteiger partial charge >= 0.3 is 5.63 Å². The summed E-state index contributed by atoms with van der Waals surface area (Å²) in [5.74, 6) is 1.04. The summed E-state index contributed by atoms with van der Waals surface area (Å²) in [7, 11) is 0. The van der Waals surface area contributed by atoms with E-state index in [1.54, 1.807) is 61.5 Å². The molecule has 1 aromatic heterocycles. The van der Waals surface area contributed by atoms with Crippen LogP contribution in [-0.2, 0) is 0 Å². The van der Waals surface area contributed by atoms with E-state index >= 15 is 0 Å². The van der Waals surface area contributed by atoms with E-state index in [0.29, 0.717) is 27.8 Å². The van der Waals surface area contributed by atoms with E-state index in [4.69, 9.17) is 31.2 Å². The number of benzene rings is 2. The van der Waals surface area contributed by atoms with Crippen LogP contribution in [0.1, 0.15) is 22.8 Å². The molecule has 0 bridgehead atoms. The van der Waals surface area contributed by atoms with E-state index in [0.717, 1.165) is 0 Å². The molecule has 0 fully saturated rings. The van der Waals surface area contributed by atoms with E-state index in [1.807, 2.05) is 0 Å². The summed E-state index contributed by atoms with van der Waals surface area (Å²) >= 11 is 5.91. The standard InChI is InChI=1S/C22H15ClN2O4/c1-12-9-18-20(22(26)27-12)19(17(11-24)21(25)29-18)13-3-2-4-16(10-13)28-15-7-5-14(23)6-8-15/h2-10,19H,25H2,1H3/t19-/m1/s1. The minimum atomic E-state index is -0.727. The Hall–Kier alpha value is -3.69. The molecule has 0 aliphatic carbocycles. The van der Waals surface area contributed by atoms with Gasteiger partial charge in [0.25, 0.3) is 0 Å². The molecule has 0 unspecified atom stereocenters. The molecule has 1 aliphatic rings. The van der Waals surface area contributed by atoms with Crippen molar-refractivity contribution in [3.05, 3.63) is 98.4 Å². The lowest BCUT2D eigenvalue weighted by Crippen LogP contribution is -2.26. The molecular weight excluding hydrogens is 392 g/mol. The maximum absolute atomic E-state index is 12.6. The lowest BCUT2D eigenvalue weighted by Gasteiger charge is -2.25. The first-order chi connectivity index (χ1) is 14.0. The van der Waals surface area contributed by atoms with Crippen LogP contribution < -0.4 is 20.8 Å². The van der Waals surface area contributed by atoms with E-state index in [1.165, 1.54) is 0 Å². The van der Waals surface area contributed by atoms with Crippen molar-refractivity contribution in [2.24, 2.45) is 5.73 Å². The minimum absolute atomic E-state index is 0.0426. The van der Waals surface area contributed by atoms with Crippen molar-refractivity contribution in [2.45, 2.75) is 12.8 Å². The largest absolute Gasteiger partial charge is 0.457 e. The number of hydrogen-bond donors (Lipinski definition) is 1. The predicted octanol–water partition coefficient (Wildman–Crippen LogP) is 4.61. The third-order valence-corrected chi connectivity index (χ3v) is 4.75. The first-order valence-electron chi connectivity index (χ1n) is 8.72. The Labute approximate surface area is 171 Å². The highest BCUT2D eigenvalue weighted by Gasteiger charge is 2.34. The number of halogens is 1. The highest BCUT2D eigenvalue weighted by Crippen LogP contribution is 2.41. The SMILES string of the molecule is Cc1cc2c(c(=O)o1)[C@H](c1cccc(Oc3ccc(Cl)cc3)c1)C(C#N)=C(N)O2. The summed E-state index contributed by atoms with van der Waals surface area (Å²) in [6, 6.07) is 17.7. The van der Waals surface area contributed by atoms with Crippen molar-refractivity contribution < 1.29 is 13.9 Å². The van der Waals surface area contributed by atoms with Crippen molar-refractivity contribution in [1.29, 1.82) is 5.26 Å². The Bertz CT molecular complexity index is 1220. The predicted molar refractivity (Wildman–Crippen MR) is 107 cm³/mol. The van der Waals surface area contributed by atoms with E-state index in [-0.39, 0.29) is 22.8 Å². The topological polar surface area (TPSA) is 98.5 Å². The molecule has 1 atom stereocenters. The second-order valence-corrected chi connectivity index (χ2v) is 6.91. The first kappa shape index (κ1) is 18.7. The van der Waals surface area contributed by atoms with Gasteiger partial charge in [0.15, 0.2) is 0 Å². The van der Waals surface area contributed by atoms with E-state index in [9.17, 15) is 10.1 Å². The molecular formula is C22H15ClN2O4. The molecule has 4 rings (SSSR count). The maximum Gasteiger partial charge on any atom is 0.343 e. The number of nitrogens with two attached hydrogens (primary N) is 1. The molecule has 29 heavy (non-hydrogen) atoms. The number of aryl methyl sites for hydroxylation is 1. The molecule has 0 saturated carbocycles. The maximum atomic E-state index is 12.6. The minimum Gasteiger partial charge on any atom is -0.457 e. The molecule has 144 valence electrons. The molecule has 7 heteroatoms. The number of ether oxygens (including phenoxy) is 2. The van der Waals surface area contributed by atoms with Crippen molar-refractivity contribution in [3.8, 4) is 23.3 Å². The van der Waals surface area contributed by atoms with Gasteiger partial charge in [0.05, 0.1) is 11.5 Å². The number of allylic oxidation sites excluding steroid dienone is 1. The van der Waals surface area contributed by atoms with Gasteiger partial charge in [-0.15, -0.1) is 0 Å². The fourth-order valence-electron chi connectivity index (χ4n) is 3.25. The second-order valence-electron chi connectivity index (χ2n) is 6.48. The third-order valence-electron chi connectivity index (χ3n) is 4.50. The molecule has 0 amide bonds. The summed E-state index contributed by atoms with van der Waals surface area (Å²) in [5.41, 5.74) is 6.40. The Morgan fingerprint density at radius 2 is 1.90 bits per heavy atom. The number of nitriles is 1. The number of rotatable bonds is 3. The van der Waals surface area contributed by atoms with Crippen LogP contribution in [0.2, 0.25) is 5.02 Å². The second kappa shape index (κ2) is 7.38. The monoisotopic (exact) mass is 406 g/mol. The summed E-state index contributed by atoms with van der Waals surface area (Å²) in [5, 5.41) is 10.3. The van der Waals surface area contributed by atoms with E-state index in [2.05, 4.69) is 6.07 Å². The molecule has 0 spiro atoms. The summed E-state index contributed by atoms with van der Waals surface area (Å²) < 4.78 is 16.6. The zero-order chi connectivity index (χ0) is 20.5. The number of hydrogen-bond acceptors (Lipinski definition) is 6. The molecule has 0 radical (unpaired) electrons. The van der Waals surface area contributed by atoms with Gasteiger partial charge in [-0.05, 0) is 48.9 Å². The van der Waals surface area contributed by atoms with E-state index < -0.39 is 11.5 Å². The zero-order valence-electron chi connectivity index (χ0n) is 15.3. The summed E-state index contributed by atoms with van der Waals surface area (Å²) in [4.78, 5) is 12.6. The van der Waals surface area contributed by atoms with Crippen molar-refractivity contribution in [3.63, 3.8) is 0 Å². The molecule has 1 aliphatic heterocycles. The van der Waals surface area contributed by atoms with Gasteiger partial charge in [-0.3, -0.25) is 0 Å². The highest BCUT2D eigenvalue weighted by molar-refractivity contribution is 6.30. The quantitative estimate of drug-likeness (QED) is 0.681. The fourth-order valence-corrected chi connectivity index (χ4v) is 3.37. The third kappa shape index (κ3) is 3.56. The average molecular weight is 407 g/mol. The Kier molecular flexibility index (Phi) is 4.75. The fraction of sp³-hybridized carbons (Fsp3) is 0.0909.